The molecule has 0 saturated carbocycles. The van der Waals surface area contributed by atoms with E-state index in [0.717, 1.165) is 13.0 Å². The third-order valence-corrected chi connectivity index (χ3v) is 2.51. The second-order valence-corrected chi connectivity index (χ2v) is 3.85. The van der Waals surface area contributed by atoms with Crippen molar-refractivity contribution in [3.63, 3.8) is 0 Å². The lowest BCUT2D eigenvalue weighted by atomic mass is 9.91. The zero-order chi connectivity index (χ0) is 9.84. The van der Waals surface area contributed by atoms with Crippen molar-refractivity contribution in [2.24, 2.45) is 11.8 Å². The van der Waals surface area contributed by atoms with Crippen LogP contribution >= 0.6 is 0 Å². The number of hydrogen-bond acceptors (Lipinski definition) is 2. The van der Waals surface area contributed by atoms with Gasteiger partial charge in [0.25, 0.3) is 0 Å². The van der Waals surface area contributed by atoms with Crippen LogP contribution in [0.25, 0.3) is 0 Å². The molecule has 1 rings (SSSR count). The molecule has 1 saturated heterocycles. The van der Waals surface area contributed by atoms with E-state index in [2.05, 4.69) is 12.2 Å². The maximum atomic E-state index is 11.3. The summed E-state index contributed by atoms with van der Waals surface area (Å²) >= 11 is 0. The average molecular weight is 186 g/mol. The van der Waals surface area contributed by atoms with Gasteiger partial charge in [-0.1, -0.05) is 6.92 Å². The Bertz CT molecular complexity index is 184. The van der Waals surface area contributed by atoms with Crippen molar-refractivity contribution in [2.45, 2.75) is 13.3 Å². The molecule has 4 nitrogen and oxygen atoms in total. The predicted molar refractivity (Wildman–Crippen MR) is 50.4 cm³/mol. The van der Waals surface area contributed by atoms with Gasteiger partial charge in [-0.05, 0) is 18.3 Å². The number of carbonyl (C=O) groups is 1. The maximum absolute atomic E-state index is 11.3. The van der Waals surface area contributed by atoms with Crippen LogP contribution in [0, 0.1) is 11.8 Å². The highest BCUT2D eigenvalue weighted by Gasteiger charge is 2.26. The summed E-state index contributed by atoms with van der Waals surface area (Å²) in [5.41, 5.74) is 0. The number of rotatable bonds is 1. The molecular formula is C9H18N2O2. The van der Waals surface area contributed by atoms with E-state index in [9.17, 15) is 4.79 Å². The van der Waals surface area contributed by atoms with Crippen LogP contribution in [0.4, 0.5) is 4.79 Å². The standard InChI is InChI=1S/C9H18N2O2/c1-7-3-8(6-12)5-11(4-7)9(13)10-2/h7-8,12H,3-6H2,1-2H3,(H,10,13). The Labute approximate surface area is 78.9 Å². The number of carbonyl (C=O) groups excluding carboxylic acids is 1. The van der Waals surface area contributed by atoms with Crippen LogP contribution in [0.2, 0.25) is 0 Å². The molecule has 1 fully saturated rings. The molecule has 1 aliphatic heterocycles. The average Bonchev–Trinajstić information content (AvgIpc) is 2.15. The van der Waals surface area contributed by atoms with E-state index in [1.165, 1.54) is 0 Å². The molecule has 0 aromatic rings. The van der Waals surface area contributed by atoms with E-state index in [1.54, 1.807) is 11.9 Å². The van der Waals surface area contributed by atoms with Crippen LogP contribution < -0.4 is 5.32 Å². The van der Waals surface area contributed by atoms with Crippen LogP contribution in [0.3, 0.4) is 0 Å². The number of aliphatic hydroxyl groups is 1. The lowest BCUT2D eigenvalue weighted by Gasteiger charge is -2.35. The third-order valence-electron chi connectivity index (χ3n) is 2.51. The smallest absolute Gasteiger partial charge is 0.317 e. The fraction of sp³-hybridized carbons (Fsp3) is 0.889. The third kappa shape index (κ3) is 2.59. The van der Waals surface area contributed by atoms with Crippen LogP contribution in [0.5, 0.6) is 0 Å². The molecule has 76 valence electrons. The summed E-state index contributed by atoms with van der Waals surface area (Å²) in [4.78, 5) is 13.1. The number of likely N-dealkylation sites (tertiary alicyclic amines) is 1. The zero-order valence-corrected chi connectivity index (χ0v) is 8.29. The molecule has 0 aromatic carbocycles. The van der Waals surface area contributed by atoms with Crippen LogP contribution in [0.1, 0.15) is 13.3 Å². The van der Waals surface area contributed by atoms with Gasteiger partial charge in [-0.2, -0.15) is 0 Å². The number of amides is 2. The lowest BCUT2D eigenvalue weighted by molar-refractivity contribution is 0.106. The summed E-state index contributed by atoms with van der Waals surface area (Å²) in [5.74, 6) is 0.740. The molecule has 0 spiro atoms. The minimum Gasteiger partial charge on any atom is -0.396 e. The molecule has 13 heavy (non-hydrogen) atoms. The quantitative estimate of drug-likeness (QED) is 0.618. The lowest BCUT2D eigenvalue weighted by Crippen LogP contribution is -2.47. The van der Waals surface area contributed by atoms with Crippen molar-refractivity contribution in [1.82, 2.24) is 10.2 Å². The minimum atomic E-state index is -0.0370. The van der Waals surface area contributed by atoms with E-state index in [1.807, 2.05) is 0 Å². The van der Waals surface area contributed by atoms with Gasteiger partial charge < -0.3 is 15.3 Å². The Kier molecular flexibility index (Phi) is 3.54. The number of urea groups is 1. The summed E-state index contributed by atoms with van der Waals surface area (Å²) in [6.45, 7) is 3.77. The topological polar surface area (TPSA) is 52.6 Å². The Morgan fingerprint density at radius 3 is 2.85 bits per heavy atom. The summed E-state index contributed by atoms with van der Waals surface area (Å²) < 4.78 is 0. The molecule has 2 N–H and O–H groups in total. The Hall–Kier alpha value is -0.770. The fourth-order valence-corrected chi connectivity index (χ4v) is 1.94. The summed E-state index contributed by atoms with van der Waals surface area (Å²) in [6.07, 6.45) is 1.02. The first kappa shape index (κ1) is 10.3. The van der Waals surface area contributed by atoms with E-state index in [4.69, 9.17) is 5.11 Å². The van der Waals surface area contributed by atoms with Gasteiger partial charge in [0, 0.05) is 26.7 Å². The molecule has 0 radical (unpaired) electrons. The Balaban J connectivity index is 2.51. The van der Waals surface area contributed by atoms with Gasteiger partial charge in [0.15, 0.2) is 0 Å². The van der Waals surface area contributed by atoms with Gasteiger partial charge in [-0.25, -0.2) is 4.79 Å². The molecule has 4 heteroatoms. The van der Waals surface area contributed by atoms with E-state index >= 15 is 0 Å². The molecule has 2 unspecified atom stereocenters. The molecule has 0 bridgehead atoms. The van der Waals surface area contributed by atoms with Crippen molar-refractivity contribution in [3.05, 3.63) is 0 Å². The highest BCUT2D eigenvalue weighted by atomic mass is 16.3. The van der Waals surface area contributed by atoms with Gasteiger partial charge in [0.05, 0.1) is 0 Å². The van der Waals surface area contributed by atoms with E-state index < -0.39 is 0 Å². The number of piperidine rings is 1. The van der Waals surface area contributed by atoms with Crippen LogP contribution in [0.15, 0.2) is 0 Å². The van der Waals surface area contributed by atoms with Crippen molar-refractivity contribution in [3.8, 4) is 0 Å². The number of aliphatic hydroxyl groups excluding tert-OH is 1. The summed E-state index contributed by atoms with van der Waals surface area (Å²) in [5, 5.41) is 11.6. The van der Waals surface area contributed by atoms with Gasteiger partial charge >= 0.3 is 6.03 Å². The molecule has 1 aliphatic rings. The SMILES string of the molecule is CNC(=O)N1CC(C)CC(CO)C1. The van der Waals surface area contributed by atoms with Gasteiger partial charge in [-0.15, -0.1) is 0 Å². The summed E-state index contributed by atoms with van der Waals surface area (Å²) in [6, 6.07) is -0.0370. The Morgan fingerprint density at radius 1 is 1.62 bits per heavy atom. The minimum absolute atomic E-state index is 0.0370. The number of hydrogen-bond donors (Lipinski definition) is 2. The number of nitrogens with one attached hydrogen (secondary N) is 1. The van der Waals surface area contributed by atoms with Crippen molar-refractivity contribution < 1.29 is 9.90 Å². The van der Waals surface area contributed by atoms with Crippen molar-refractivity contribution in [2.75, 3.05) is 26.7 Å². The molecule has 0 aliphatic carbocycles. The van der Waals surface area contributed by atoms with Crippen molar-refractivity contribution in [1.29, 1.82) is 0 Å². The second kappa shape index (κ2) is 4.46. The highest BCUT2D eigenvalue weighted by molar-refractivity contribution is 5.73. The fourth-order valence-electron chi connectivity index (χ4n) is 1.94. The largest absolute Gasteiger partial charge is 0.396 e. The first-order chi connectivity index (χ1) is 6.17. The van der Waals surface area contributed by atoms with E-state index in [-0.39, 0.29) is 18.6 Å². The molecule has 0 aromatic heterocycles. The maximum Gasteiger partial charge on any atom is 0.317 e. The molecule has 2 amide bonds. The van der Waals surface area contributed by atoms with Crippen LogP contribution in [-0.4, -0.2) is 42.8 Å². The highest BCUT2D eigenvalue weighted by Crippen LogP contribution is 2.20. The van der Waals surface area contributed by atoms with Crippen LogP contribution in [-0.2, 0) is 0 Å². The first-order valence-corrected chi connectivity index (χ1v) is 4.75. The predicted octanol–water partition coefficient (Wildman–Crippen LogP) is 0.276. The van der Waals surface area contributed by atoms with Gasteiger partial charge in [0.1, 0.15) is 0 Å². The second-order valence-electron chi connectivity index (χ2n) is 3.85. The first-order valence-electron chi connectivity index (χ1n) is 4.75. The normalized spacial score (nSPS) is 28.7. The monoisotopic (exact) mass is 186 g/mol. The molecular weight excluding hydrogens is 168 g/mol. The Morgan fingerprint density at radius 2 is 2.31 bits per heavy atom. The van der Waals surface area contributed by atoms with Crippen molar-refractivity contribution >= 4 is 6.03 Å². The molecule has 1 heterocycles. The number of nitrogens with zero attached hydrogens (tertiary/aromatic N) is 1. The van der Waals surface area contributed by atoms with Gasteiger partial charge in [0.2, 0.25) is 0 Å². The summed E-state index contributed by atoms with van der Waals surface area (Å²) in [7, 11) is 1.63. The van der Waals surface area contributed by atoms with Gasteiger partial charge in [-0.3, -0.25) is 0 Å². The van der Waals surface area contributed by atoms with E-state index in [0.29, 0.717) is 12.5 Å². The molecule has 2 atom stereocenters. The zero-order valence-electron chi connectivity index (χ0n) is 8.29.